The smallest absolute Gasteiger partial charge is 0.256 e. The molecule has 2 N–H and O–H groups in total. The molecule has 17 heavy (non-hydrogen) atoms. The van der Waals surface area contributed by atoms with Crippen LogP contribution in [0.5, 0.6) is 0 Å². The summed E-state index contributed by atoms with van der Waals surface area (Å²) < 4.78 is 18.8. The molecule has 0 spiro atoms. The van der Waals surface area contributed by atoms with Crippen LogP contribution in [0.2, 0.25) is 0 Å². The molecule has 5 heteroatoms. The lowest BCUT2D eigenvalue weighted by atomic mass is 10.1. The molecule has 1 aromatic carbocycles. The zero-order chi connectivity index (χ0) is 12.3. The van der Waals surface area contributed by atoms with Gasteiger partial charge in [0.1, 0.15) is 5.82 Å². The molecule has 1 aliphatic heterocycles. The van der Waals surface area contributed by atoms with Crippen molar-refractivity contribution in [3.05, 3.63) is 35.6 Å². The minimum absolute atomic E-state index is 0.102. The van der Waals surface area contributed by atoms with Crippen LogP contribution < -0.4 is 5.73 Å². The standard InChI is InChI=1S/C12H15FN2O2/c13-11-4-2-1-3-10(11)12(16)15-5-6-17-9(7-14)8-15/h1-4,9H,5-8,14H2. The number of rotatable bonds is 2. The zero-order valence-electron chi connectivity index (χ0n) is 9.43. The maximum atomic E-state index is 13.5. The molecule has 0 radical (unpaired) electrons. The Morgan fingerprint density at radius 3 is 3.00 bits per heavy atom. The highest BCUT2D eigenvalue weighted by atomic mass is 19.1. The second kappa shape index (κ2) is 5.25. The fraction of sp³-hybridized carbons (Fsp3) is 0.417. The number of hydrogen-bond acceptors (Lipinski definition) is 3. The number of ether oxygens (including phenoxy) is 1. The van der Waals surface area contributed by atoms with Gasteiger partial charge >= 0.3 is 0 Å². The normalized spacial score (nSPS) is 20.4. The van der Waals surface area contributed by atoms with Crippen LogP contribution in [0.1, 0.15) is 10.4 Å². The third-order valence-electron chi connectivity index (χ3n) is 2.79. The Labute approximate surface area is 99.2 Å². The van der Waals surface area contributed by atoms with Gasteiger partial charge in [0.05, 0.1) is 18.3 Å². The van der Waals surface area contributed by atoms with Crippen LogP contribution in [0.25, 0.3) is 0 Å². The summed E-state index contributed by atoms with van der Waals surface area (Å²) in [5.41, 5.74) is 5.60. The van der Waals surface area contributed by atoms with Gasteiger partial charge in [0.15, 0.2) is 0 Å². The van der Waals surface area contributed by atoms with E-state index in [9.17, 15) is 9.18 Å². The van der Waals surface area contributed by atoms with Gasteiger partial charge in [0.25, 0.3) is 5.91 Å². The van der Waals surface area contributed by atoms with E-state index in [1.165, 1.54) is 12.1 Å². The van der Waals surface area contributed by atoms with Crippen LogP contribution in [0.3, 0.4) is 0 Å². The first-order valence-corrected chi connectivity index (χ1v) is 5.58. The number of carbonyl (C=O) groups is 1. The fourth-order valence-corrected chi connectivity index (χ4v) is 1.85. The minimum Gasteiger partial charge on any atom is -0.373 e. The highest BCUT2D eigenvalue weighted by Crippen LogP contribution is 2.13. The van der Waals surface area contributed by atoms with E-state index in [0.717, 1.165) is 0 Å². The highest BCUT2D eigenvalue weighted by molar-refractivity contribution is 5.94. The molecule has 2 rings (SSSR count). The van der Waals surface area contributed by atoms with E-state index in [1.54, 1.807) is 17.0 Å². The molecule has 1 unspecified atom stereocenters. The van der Waals surface area contributed by atoms with Gasteiger partial charge in [-0.1, -0.05) is 12.1 Å². The Morgan fingerprint density at radius 1 is 1.53 bits per heavy atom. The summed E-state index contributed by atoms with van der Waals surface area (Å²) in [5, 5.41) is 0. The van der Waals surface area contributed by atoms with Crippen molar-refractivity contribution in [3.8, 4) is 0 Å². The van der Waals surface area contributed by atoms with E-state index in [2.05, 4.69) is 0 Å². The van der Waals surface area contributed by atoms with Crippen molar-refractivity contribution < 1.29 is 13.9 Å². The summed E-state index contributed by atoms with van der Waals surface area (Å²) in [6.07, 6.45) is -0.153. The molecular weight excluding hydrogens is 223 g/mol. The molecule has 0 saturated carbocycles. The van der Waals surface area contributed by atoms with E-state index in [-0.39, 0.29) is 17.6 Å². The summed E-state index contributed by atoms with van der Waals surface area (Å²) in [6, 6.07) is 5.99. The SMILES string of the molecule is NCC1CN(C(=O)c2ccccc2F)CCO1. The zero-order valence-corrected chi connectivity index (χ0v) is 9.43. The highest BCUT2D eigenvalue weighted by Gasteiger charge is 2.25. The average Bonchev–Trinajstić information content (AvgIpc) is 2.38. The van der Waals surface area contributed by atoms with Crippen LogP contribution in [-0.2, 0) is 4.74 Å². The Morgan fingerprint density at radius 2 is 2.29 bits per heavy atom. The van der Waals surface area contributed by atoms with E-state index < -0.39 is 5.82 Å². The molecule has 1 heterocycles. The number of carbonyl (C=O) groups excluding carboxylic acids is 1. The molecule has 92 valence electrons. The average molecular weight is 238 g/mol. The van der Waals surface area contributed by atoms with E-state index >= 15 is 0 Å². The number of benzene rings is 1. The number of hydrogen-bond donors (Lipinski definition) is 1. The summed E-state index contributed by atoms with van der Waals surface area (Å²) in [7, 11) is 0. The predicted octanol–water partition coefficient (Wildman–Crippen LogP) is 0.625. The van der Waals surface area contributed by atoms with Crippen LogP contribution >= 0.6 is 0 Å². The van der Waals surface area contributed by atoms with Gasteiger partial charge < -0.3 is 15.4 Å². The molecule has 1 amide bonds. The van der Waals surface area contributed by atoms with Crippen molar-refractivity contribution in [2.24, 2.45) is 5.73 Å². The van der Waals surface area contributed by atoms with E-state index in [1.807, 2.05) is 0 Å². The molecule has 4 nitrogen and oxygen atoms in total. The molecule has 0 aromatic heterocycles. The van der Waals surface area contributed by atoms with Gasteiger partial charge in [0.2, 0.25) is 0 Å². The Balaban J connectivity index is 2.12. The predicted molar refractivity (Wildman–Crippen MR) is 61.1 cm³/mol. The first kappa shape index (κ1) is 12.0. The lowest BCUT2D eigenvalue weighted by molar-refractivity contribution is -0.0169. The van der Waals surface area contributed by atoms with Crippen LogP contribution in [0, 0.1) is 5.82 Å². The fourth-order valence-electron chi connectivity index (χ4n) is 1.85. The first-order chi connectivity index (χ1) is 8.22. The van der Waals surface area contributed by atoms with Gasteiger partial charge in [-0.05, 0) is 12.1 Å². The van der Waals surface area contributed by atoms with Crippen molar-refractivity contribution in [2.75, 3.05) is 26.2 Å². The van der Waals surface area contributed by atoms with Gasteiger partial charge in [-0.25, -0.2) is 4.39 Å². The minimum atomic E-state index is -0.492. The molecule has 1 atom stereocenters. The molecule has 1 aliphatic rings. The van der Waals surface area contributed by atoms with Crippen molar-refractivity contribution in [2.45, 2.75) is 6.10 Å². The van der Waals surface area contributed by atoms with E-state index in [0.29, 0.717) is 26.2 Å². The van der Waals surface area contributed by atoms with Gasteiger partial charge in [-0.3, -0.25) is 4.79 Å². The summed E-state index contributed by atoms with van der Waals surface area (Å²) >= 11 is 0. The van der Waals surface area contributed by atoms with Gasteiger partial charge in [-0.15, -0.1) is 0 Å². The van der Waals surface area contributed by atoms with Crippen LogP contribution in [-0.4, -0.2) is 43.2 Å². The summed E-state index contributed by atoms with van der Waals surface area (Å²) in [5.74, 6) is -0.793. The van der Waals surface area contributed by atoms with E-state index in [4.69, 9.17) is 10.5 Å². The number of morpholine rings is 1. The first-order valence-electron chi connectivity index (χ1n) is 5.58. The molecule has 1 aromatic rings. The van der Waals surface area contributed by atoms with Crippen molar-refractivity contribution in [1.82, 2.24) is 4.90 Å². The van der Waals surface area contributed by atoms with Crippen LogP contribution in [0.4, 0.5) is 4.39 Å². The third-order valence-corrected chi connectivity index (χ3v) is 2.79. The molecule has 1 saturated heterocycles. The second-order valence-electron chi connectivity index (χ2n) is 3.96. The maximum absolute atomic E-state index is 13.5. The number of halogens is 1. The Bertz CT molecular complexity index is 411. The topological polar surface area (TPSA) is 55.6 Å². The molecule has 0 aliphatic carbocycles. The van der Waals surface area contributed by atoms with Crippen LogP contribution in [0.15, 0.2) is 24.3 Å². The lowest BCUT2D eigenvalue weighted by Gasteiger charge is -2.32. The molecule has 1 fully saturated rings. The van der Waals surface area contributed by atoms with Crippen molar-refractivity contribution >= 4 is 5.91 Å². The number of nitrogens with zero attached hydrogens (tertiary/aromatic N) is 1. The van der Waals surface area contributed by atoms with Crippen molar-refractivity contribution in [3.63, 3.8) is 0 Å². The number of nitrogens with two attached hydrogens (primary N) is 1. The monoisotopic (exact) mass is 238 g/mol. The Hall–Kier alpha value is -1.46. The lowest BCUT2D eigenvalue weighted by Crippen LogP contribution is -2.48. The Kier molecular flexibility index (Phi) is 3.71. The summed E-state index contributed by atoms with van der Waals surface area (Å²) in [6.45, 7) is 1.70. The van der Waals surface area contributed by atoms with Gasteiger partial charge in [-0.2, -0.15) is 0 Å². The molecular formula is C12H15FN2O2. The number of amides is 1. The summed E-state index contributed by atoms with van der Waals surface area (Å²) in [4.78, 5) is 13.7. The van der Waals surface area contributed by atoms with Gasteiger partial charge in [0, 0.05) is 19.6 Å². The van der Waals surface area contributed by atoms with Crippen molar-refractivity contribution in [1.29, 1.82) is 0 Å². The second-order valence-corrected chi connectivity index (χ2v) is 3.96. The maximum Gasteiger partial charge on any atom is 0.256 e. The third kappa shape index (κ3) is 2.62. The quantitative estimate of drug-likeness (QED) is 0.822. The largest absolute Gasteiger partial charge is 0.373 e. The molecule has 0 bridgehead atoms.